The molecular weight excluding hydrogens is 244 g/mol. The number of carbonyl (C=O) groups is 1. The fourth-order valence-corrected chi connectivity index (χ4v) is 2.95. The van der Waals surface area contributed by atoms with Crippen molar-refractivity contribution in [1.29, 1.82) is 0 Å². The van der Waals surface area contributed by atoms with Gasteiger partial charge in [-0.1, -0.05) is 6.42 Å². The molecule has 2 saturated heterocycles. The Kier molecular flexibility index (Phi) is 5.60. The molecule has 0 unspecified atom stereocenters. The van der Waals surface area contributed by atoms with Crippen LogP contribution in [0.3, 0.4) is 0 Å². The maximum absolute atomic E-state index is 11.6. The molecule has 0 aromatic carbocycles. The van der Waals surface area contributed by atoms with Crippen LogP contribution < -0.4 is 0 Å². The number of nitrogens with zero attached hydrogens (tertiary/aromatic N) is 2. The van der Waals surface area contributed by atoms with Crippen molar-refractivity contribution in [2.24, 2.45) is 0 Å². The molecule has 0 N–H and O–H groups in total. The first-order chi connectivity index (χ1) is 9.19. The minimum absolute atomic E-state index is 0.0965. The lowest BCUT2D eigenvalue weighted by Gasteiger charge is -2.37. The fourth-order valence-electron chi connectivity index (χ4n) is 2.95. The van der Waals surface area contributed by atoms with Gasteiger partial charge in [-0.2, -0.15) is 0 Å². The summed E-state index contributed by atoms with van der Waals surface area (Å²) in [7, 11) is 1.42. The molecule has 5 heteroatoms. The number of ether oxygens (including phenoxy) is 2. The number of methoxy groups -OCH3 is 1. The Balaban J connectivity index is 1.77. The van der Waals surface area contributed by atoms with E-state index in [1.54, 1.807) is 0 Å². The maximum atomic E-state index is 11.6. The van der Waals surface area contributed by atoms with Gasteiger partial charge in [-0.15, -0.1) is 0 Å². The molecule has 110 valence electrons. The summed E-state index contributed by atoms with van der Waals surface area (Å²) in [6.07, 6.45) is 3.69. The van der Waals surface area contributed by atoms with Crippen LogP contribution in [0.4, 0.5) is 0 Å². The first-order valence-electron chi connectivity index (χ1n) is 7.37. The topological polar surface area (TPSA) is 42.0 Å². The van der Waals surface area contributed by atoms with Crippen LogP contribution in [0.5, 0.6) is 0 Å². The van der Waals surface area contributed by atoms with Gasteiger partial charge in [0.2, 0.25) is 0 Å². The predicted octanol–water partition coefficient (Wildman–Crippen LogP) is 0.735. The smallest absolute Gasteiger partial charge is 0.336 e. The van der Waals surface area contributed by atoms with E-state index < -0.39 is 6.10 Å². The van der Waals surface area contributed by atoms with E-state index in [4.69, 9.17) is 9.47 Å². The molecule has 0 saturated carbocycles. The molecular formula is C14H26N2O3. The van der Waals surface area contributed by atoms with E-state index in [2.05, 4.69) is 9.80 Å². The third-order valence-corrected chi connectivity index (χ3v) is 3.98. The van der Waals surface area contributed by atoms with Gasteiger partial charge in [0.25, 0.3) is 0 Å². The van der Waals surface area contributed by atoms with Crippen LogP contribution in [0.2, 0.25) is 0 Å². The monoisotopic (exact) mass is 270 g/mol. The van der Waals surface area contributed by atoms with Crippen LogP contribution in [0, 0.1) is 0 Å². The van der Waals surface area contributed by atoms with Crippen molar-refractivity contribution in [3.8, 4) is 0 Å². The van der Waals surface area contributed by atoms with Gasteiger partial charge in [0.1, 0.15) is 0 Å². The molecule has 2 aliphatic rings. The second kappa shape index (κ2) is 7.22. The van der Waals surface area contributed by atoms with Crippen molar-refractivity contribution in [3.63, 3.8) is 0 Å². The zero-order chi connectivity index (χ0) is 13.7. The Morgan fingerprint density at radius 2 is 1.84 bits per heavy atom. The van der Waals surface area contributed by atoms with E-state index in [0.717, 1.165) is 19.6 Å². The molecule has 0 amide bonds. The van der Waals surface area contributed by atoms with E-state index in [1.165, 1.54) is 39.5 Å². The lowest BCUT2D eigenvalue weighted by molar-refractivity contribution is -0.166. The van der Waals surface area contributed by atoms with Crippen LogP contribution in [0.15, 0.2) is 0 Å². The van der Waals surface area contributed by atoms with Gasteiger partial charge in [0, 0.05) is 26.2 Å². The Morgan fingerprint density at radius 3 is 2.53 bits per heavy atom. The summed E-state index contributed by atoms with van der Waals surface area (Å²) in [4.78, 5) is 16.4. The summed E-state index contributed by atoms with van der Waals surface area (Å²) in [5.41, 5.74) is 0. The molecule has 19 heavy (non-hydrogen) atoms. The summed E-state index contributed by atoms with van der Waals surface area (Å²) in [5, 5.41) is 0. The first kappa shape index (κ1) is 14.8. The number of likely N-dealkylation sites (tertiary alicyclic amines) is 1. The zero-order valence-corrected chi connectivity index (χ0v) is 12.1. The summed E-state index contributed by atoms with van der Waals surface area (Å²) < 4.78 is 10.4. The molecule has 0 aromatic rings. The van der Waals surface area contributed by atoms with Gasteiger partial charge in [-0.25, -0.2) is 4.79 Å². The van der Waals surface area contributed by atoms with Crippen LogP contribution in [0.25, 0.3) is 0 Å². The third-order valence-electron chi connectivity index (χ3n) is 3.98. The zero-order valence-electron chi connectivity index (χ0n) is 12.1. The Hall–Kier alpha value is -0.650. The predicted molar refractivity (Wildman–Crippen MR) is 73.1 cm³/mol. The third kappa shape index (κ3) is 4.44. The van der Waals surface area contributed by atoms with Crippen LogP contribution >= 0.6 is 0 Å². The van der Waals surface area contributed by atoms with Gasteiger partial charge >= 0.3 is 5.97 Å². The quantitative estimate of drug-likeness (QED) is 0.705. The highest BCUT2D eigenvalue weighted by Gasteiger charge is 2.31. The number of hydrogen-bond donors (Lipinski definition) is 0. The molecule has 2 atom stereocenters. The minimum Gasteiger partial charge on any atom is -0.467 e. The molecule has 2 rings (SSSR count). The summed E-state index contributed by atoms with van der Waals surface area (Å²) in [6.45, 7) is 8.14. The second-order valence-corrected chi connectivity index (χ2v) is 5.62. The van der Waals surface area contributed by atoms with Crippen molar-refractivity contribution in [1.82, 2.24) is 9.80 Å². The Bertz CT molecular complexity index is 292. The van der Waals surface area contributed by atoms with Crippen LogP contribution in [-0.4, -0.2) is 74.4 Å². The SMILES string of the molecule is COC(=O)[C@@H]1CN(CCN2CCCCC2)C[C@@H](C)O1. The van der Waals surface area contributed by atoms with Crippen LogP contribution in [0.1, 0.15) is 26.2 Å². The fraction of sp³-hybridized carbons (Fsp3) is 0.929. The summed E-state index contributed by atoms with van der Waals surface area (Å²) in [5.74, 6) is -0.255. The number of esters is 1. The molecule has 2 aliphatic heterocycles. The number of carbonyl (C=O) groups excluding carboxylic acids is 1. The van der Waals surface area contributed by atoms with Crippen molar-refractivity contribution >= 4 is 5.97 Å². The van der Waals surface area contributed by atoms with Crippen molar-refractivity contribution in [3.05, 3.63) is 0 Å². The molecule has 5 nitrogen and oxygen atoms in total. The average molecular weight is 270 g/mol. The van der Waals surface area contributed by atoms with Crippen molar-refractivity contribution < 1.29 is 14.3 Å². The number of morpholine rings is 1. The molecule has 2 fully saturated rings. The Labute approximate surface area is 115 Å². The molecule has 2 heterocycles. The van der Waals surface area contributed by atoms with Crippen LogP contribution in [-0.2, 0) is 14.3 Å². The first-order valence-corrected chi connectivity index (χ1v) is 7.37. The number of hydrogen-bond acceptors (Lipinski definition) is 5. The van der Waals surface area contributed by atoms with E-state index in [1.807, 2.05) is 6.92 Å². The largest absolute Gasteiger partial charge is 0.467 e. The lowest BCUT2D eigenvalue weighted by Crippen LogP contribution is -2.51. The highest BCUT2D eigenvalue weighted by Crippen LogP contribution is 2.13. The van der Waals surface area contributed by atoms with Crippen molar-refractivity contribution in [2.45, 2.75) is 38.4 Å². The minimum atomic E-state index is -0.421. The van der Waals surface area contributed by atoms with E-state index in [0.29, 0.717) is 6.54 Å². The van der Waals surface area contributed by atoms with Gasteiger partial charge in [-0.3, -0.25) is 4.90 Å². The standard InChI is InChI=1S/C14H26N2O3/c1-12-10-16(11-13(19-12)14(17)18-2)9-8-15-6-4-3-5-7-15/h12-13H,3-11H2,1-2H3/t12-,13+/m1/s1. The molecule has 0 bridgehead atoms. The average Bonchev–Trinajstić information content (AvgIpc) is 2.45. The van der Waals surface area contributed by atoms with E-state index in [-0.39, 0.29) is 12.1 Å². The normalized spacial score (nSPS) is 30.2. The van der Waals surface area contributed by atoms with E-state index in [9.17, 15) is 4.79 Å². The summed E-state index contributed by atoms with van der Waals surface area (Å²) >= 11 is 0. The number of rotatable bonds is 4. The molecule has 0 spiro atoms. The lowest BCUT2D eigenvalue weighted by atomic mass is 10.1. The van der Waals surface area contributed by atoms with E-state index >= 15 is 0 Å². The molecule has 0 aromatic heterocycles. The van der Waals surface area contributed by atoms with Gasteiger partial charge in [0.05, 0.1) is 13.2 Å². The van der Waals surface area contributed by atoms with Crippen molar-refractivity contribution in [2.75, 3.05) is 46.4 Å². The highest BCUT2D eigenvalue weighted by molar-refractivity contribution is 5.74. The van der Waals surface area contributed by atoms with Gasteiger partial charge in [0.15, 0.2) is 6.10 Å². The molecule has 0 aliphatic carbocycles. The maximum Gasteiger partial charge on any atom is 0.336 e. The number of piperidine rings is 1. The summed E-state index contributed by atoms with van der Waals surface area (Å²) in [6, 6.07) is 0. The van der Waals surface area contributed by atoms with Gasteiger partial charge < -0.3 is 14.4 Å². The van der Waals surface area contributed by atoms with Gasteiger partial charge in [-0.05, 0) is 32.9 Å². The second-order valence-electron chi connectivity index (χ2n) is 5.62. The highest BCUT2D eigenvalue weighted by atomic mass is 16.6. The molecule has 0 radical (unpaired) electrons. The Morgan fingerprint density at radius 1 is 1.16 bits per heavy atom.